The van der Waals surface area contributed by atoms with Crippen LogP contribution in [0, 0.1) is 6.92 Å². The minimum absolute atomic E-state index is 0.167. The molecule has 142 valence electrons. The second-order valence-corrected chi connectivity index (χ2v) is 8.41. The summed E-state index contributed by atoms with van der Waals surface area (Å²) in [7, 11) is -1.78. The lowest BCUT2D eigenvalue weighted by molar-refractivity contribution is 0.213. The van der Waals surface area contributed by atoms with E-state index in [2.05, 4.69) is 10.1 Å². The number of ether oxygens (including phenoxy) is 1. The number of sulfonamides is 1. The minimum Gasteiger partial charge on any atom is -0.487 e. The molecule has 3 heterocycles. The molecule has 2 aromatic rings. The zero-order valence-corrected chi connectivity index (χ0v) is 16.6. The first-order chi connectivity index (χ1) is 12.4. The monoisotopic (exact) mass is 378 g/mol. The van der Waals surface area contributed by atoms with Crippen molar-refractivity contribution in [1.29, 1.82) is 0 Å². The Morgan fingerprint density at radius 3 is 2.73 bits per heavy atom. The van der Waals surface area contributed by atoms with Gasteiger partial charge in [0.05, 0.1) is 23.6 Å². The summed E-state index contributed by atoms with van der Waals surface area (Å²) in [6.45, 7) is 6.57. The lowest BCUT2D eigenvalue weighted by Gasteiger charge is -2.18. The molecular weight excluding hydrogens is 352 g/mol. The van der Waals surface area contributed by atoms with E-state index in [4.69, 9.17) is 4.74 Å². The summed E-state index contributed by atoms with van der Waals surface area (Å²) in [6.07, 6.45) is 3.43. The Kier molecular flexibility index (Phi) is 5.34. The predicted octanol–water partition coefficient (Wildman–Crippen LogP) is 2.09. The van der Waals surface area contributed by atoms with Crippen molar-refractivity contribution in [3.05, 3.63) is 35.4 Å². The van der Waals surface area contributed by atoms with E-state index in [9.17, 15) is 8.42 Å². The lowest BCUT2D eigenvalue weighted by atomic mass is 10.2. The molecule has 0 amide bonds. The van der Waals surface area contributed by atoms with Gasteiger partial charge in [-0.2, -0.15) is 9.40 Å². The van der Waals surface area contributed by atoms with Gasteiger partial charge in [0.1, 0.15) is 16.7 Å². The van der Waals surface area contributed by atoms with Gasteiger partial charge in [0, 0.05) is 19.8 Å². The van der Waals surface area contributed by atoms with Gasteiger partial charge in [-0.05, 0) is 38.3 Å². The van der Waals surface area contributed by atoms with Gasteiger partial charge < -0.3 is 4.74 Å². The molecule has 0 bridgehead atoms. The highest BCUT2D eigenvalue weighted by atomic mass is 32.2. The number of aromatic nitrogens is 3. The molecule has 8 heteroatoms. The molecule has 1 aliphatic rings. The van der Waals surface area contributed by atoms with Crippen LogP contribution in [0.1, 0.15) is 37.4 Å². The quantitative estimate of drug-likeness (QED) is 0.769. The number of pyridine rings is 1. The Labute approximate surface area is 155 Å². The topological polar surface area (TPSA) is 77.3 Å². The molecule has 7 nitrogen and oxygen atoms in total. The van der Waals surface area contributed by atoms with Crippen molar-refractivity contribution in [2.75, 3.05) is 13.1 Å². The van der Waals surface area contributed by atoms with Gasteiger partial charge in [-0.25, -0.2) is 8.42 Å². The highest BCUT2D eigenvalue weighted by Gasteiger charge is 2.37. The van der Waals surface area contributed by atoms with Crippen molar-refractivity contribution in [2.45, 2.75) is 51.0 Å². The standard InChI is InChI=1S/C18H26N4O3S/c1-5-15-18(16(6-2)21(4)20-15)26(23,24)22-11-9-14(12-22)25-17-8-7-10-19-13(17)3/h7-8,10,14H,5-6,9,11-12H2,1-4H3/t14-/m1/s1. The Morgan fingerprint density at radius 2 is 2.08 bits per heavy atom. The molecule has 1 atom stereocenters. The molecule has 26 heavy (non-hydrogen) atoms. The van der Waals surface area contributed by atoms with Gasteiger partial charge in [-0.15, -0.1) is 0 Å². The van der Waals surface area contributed by atoms with Crippen molar-refractivity contribution in [3.63, 3.8) is 0 Å². The summed E-state index contributed by atoms with van der Waals surface area (Å²) in [6, 6.07) is 3.69. The molecule has 0 saturated carbocycles. The van der Waals surface area contributed by atoms with Crippen LogP contribution in [-0.2, 0) is 29.9 Å². The third-order valence-electron chi connectivity index (χ3n) is 4.81. The van der Waals surface area contributed by atoms with Crippen LogP contribution in [0.3, 0.4) is 0 Å². The fourth-order valence-corrected chi connectivity index (χ4v) is 5.46. The first-order valence-electron chi connectivity index (χ1n) is 9.01. The maximum atomic E-state index is 13.3. The van der Waals surface area contributed by atoms with E-state index in [1.165, 1.54) is 4.31 Å². The summed E-state index contributed by atoms with van der Waals surface area (Å²) in [5.41, 5.74) is 2.20. The van der Waals surface area contributed by atoms with E-state index < -0.39 is 10.0 Å². The fraction of sp³-hybridized carbons (Fsp3) is 0.556. The fourth-order valence-electron chi connectivity index (χ4n) is 3.43. The SMILES string of the molecule is CCc1nn(C)c(CC)c1S(=O)(=O)N1CC[C@@H](Oc2cccnc2C)C1. The Hall–Kier alpha value is -1.93. The zero-order valence-electron chi connectivity index (χ0n) is 15.8. The van der Waals surface area contributed by atoms with Gasteiger partial charge in [0.2, 0.25) is 10.0 Å². The Morgan fingerprint density at radius 1 is 1.31 bits per heavy atom. The van der Waals surface area contributed by atoms with Crippen LogP contribution in [0.4, 0.5) is 0 Å². The van der Waals surface area contributed by atoms with Crippen molar-refractivity contribution < 1.29 is 13.2 Å². The van der Waals surface area contributed by atoms with Crippen LogP contribution in [0.25, 0.3) is 0 Å². The molecule has 0 N–H and O–H groups in total. The van der Waals surface area contributed by atoms with Crippen molar-refractivity contribution in [1.82, 2.24) is 19.1 Å². The zero-order chi connectivity index (χ0) is 18.9. The third kappa shape index (κ3) is 3.35. The Bertz CT molecular complexity index is 892. The molecule has 0 aromatic carbocycles. The maximum absolute atomic E-state index is 13.3. The maximum Gasteiger partial charge on any atom is 0.246 e. The number of nitrogens with zero attached hydrogens (tertiary/aromatic N) is 4. The van der Waals surface area contributed by atoms with Crippen molar-refractivity contribution in [3.8, 4) is 5.75 Å². The normalized spacial score (nSPS) is 18.4. The summed E-state index contributed by atoms with van der Waals surface area (Å²) < 4.78 is 35.8. The highest BCUT2D eigenvalue weighted by molar-refractivity contribution is 7.89. The van der Waals surface area contributed by atoms with Crippen LogP contribution in [-0.4, -0.2) is 46.7 Å². The van der Waals surface area contributed by atoms with Crippen LogP contribution >= 0.6 is 0 Å². The van der Waals surface area contributed by atoms with Crippen molar-refractivity contribution >= 4 is 10.0 Å². The molecule has 3 rings (SSSR count). The van der Waals surface area contributed by atoms with Crippen LogP contribution < -0.4 is 4.74 Å². The number of rotatable bonds is 6. The number of aryl methyl sites for hydroxylation is 3. The lowest BCUT2D eigenvalue weighted by Crippen LogP contribution is -2.32. The van der Waals surface area contributed by atoms with E-state index in [1.54, 1.807) is 17.9 Å². The second kappa shape index (κ2) is 7.36. The minimum atomic E-state index is -3.58. The molecule has 0 aliphatic carbocycles. The van der Waals surface area contributed by atoms with Crippen LogP contribution in [0.15, 0.2) is 23.2 Å². The average molecular weight is 378 g/mol. The smallest absolute Gasteiger partial charge is 0.246 e. The Balaban J connectivity index is 1.83. The van der Waals surface area contributed by atoms with E-state index in [0.29, 0.717) is 48.7 Å². The number of hydrogen-bond acceptors (Lipinski definition) is 5. The summed E-state index contributed by atoms with van der Waals surface area (Å²) in [5.74, 6) is 0.710. The molecule has 0 unspecified atom stereocenters. The molecular formula is C18H26N4O3S. The molecule has 0 radical (unpaired) electrons. The van der Waals surface area contributed by atoms with Gasteiger partial charge in [-0.3, -0.25) is 9.67 Å². The molecule has 1 fully saturated rings. The first kappa shape index (κ1) is 18.8. The van der Waals surface area contributed by atoms with Gasteiger partial charge >= 0.3 is 0 Å². The number of hydrogen-bond donors (Lipinski definition) is 0. The summed E-state index contributed by atoms with van der Waals surface area (Å²) >= 11 is 0. The van der Waals surface area contributed by atoms with E-state index in [-0.39, 0.29) is 6.10 Å². The molecule has 0 spiro atoms. The van der Waals surface area contributed by atoms with E-state index >= 15 is 0 Å². The largest absolute Gasteiger partial charge is 0.487 e. The summed E-state index contributed by atoms with van der Waals surface area (Å²) in [4.78, 5) is 4.59. The predicted molar refractivity (Wildman–Crippen MR) is 98.7 cm³/mol. The first-order valence-corrected chi connectivity index (χ1v) is 10.5. The average Bonchev–Trinajstić information content (AvgIpc) is 3.21. The molecule has 1 saturated heterocycles. The van der Waals surface area contributed by atoms with Crippen LogP contribution in [0.5, 0.6) is 5.75 Å². The molecule has 1 aliphatic heterocycles. The van der Waals surface area contributed by atoms with Crippen LogP contribution in [0.2, 0.25) is 0 Å². The summed E-state index contributed by atoms with van der Waals surface area (Å²) in [5, 5.41) is 4.41. The van der Waals surface area contributed by atoms with Gasteiger partial charge in [-0.1, -0.05) is 13.8 Å². The van der Waals surface area contributed by atoms with Gasteiger partial charge in [0.15, 0.2) is 0 Å². The van der Waals surface area contributed by atoms with E-state index in [0.717, 1.165) is 11.4 Å². The molecule has 2 aromatic heterocycles. The highest BCUT2D eigenvalue weighted by Crippen LogP contribution is 2.29. The van der Waals surface area contributed by atoms with Gasteiger partial charge in [0.25, 0.3) is 0 Å². The third-order valence-corrected chi connectivity index (χ3v) is 6.81. The van der Waals surface area contributed by atoms with E-state index in [1.807, 2.05) is 32.9 Å². The van der Waals surface area contributed by atoms with Crippen molar-refractivity contribution in [2.24, 2.45) is 7.05 Å². The second-order valence-electron chi connectivity index (χ2n) is 6.53.